The Morgan fingerprint density at radius 1 is 1.10 bits per heavy atom. The van der Waals surface area contributed by atoms with Gasteiger partial charge in [-0.2, -0.15) is 0 Å². The third kappa shape index (κ3) is 4.97. The smallest absolute Gasteiger partial charge is 0.0407 e. The van der Waals surface area contributed by atoms with E-state index in [1.165, 1.54) is 18.7 Å². The number of anilines is 1. The van der Waals surface area contributed by atoms with E-state index in [0.717, 1.165) is 37.7 Å². The van der Waals surface area contributed by atoms with Crippen molar-refractivity contribution in [1.29, 1.82) is 0 Å². The molecule has 112 valence electrons. The summed E-state index contributed by atoms with van der Waals surface area (Å²) in [5.41, 5.74) is 1.29. The highest BCUT2D eigenvalue weighted by Crippen LogP contribution is 2.19. The molecule has 0 unspecified atom stereocenters. The van der Waals surface area contributed by atoms with Gasteiger partial charge < -0.3 is 10.2 Å². The Hall–Kier alpha value is -0.770. The fourth-order valence-corrected chi connectivity index (χ4v) is 2.70. The molecule has 20 heavy (non-hydrogen) atoms. The van der Waals surface area contributed by atoms with Crippen molar-refractivity contribution in [3.8, 4) is 0 Å². The van der Waals surface area contributed by atoms with Crippen LogP contribution in [0.5, 0.6) is 0 Å². The zero-order valence-electron chi connectivity index (χ0n) is 12.6. The van der Waals surface area contributed by atoms with Crippen molar-refractivity contribution in [3.63, 3.8) is 0 Å². The molecular formula is C16H26ClN3. The highest BCUT2D eigenvalue weighted by Gasteiger charge is 2.16. The van der Waals surface area contributed by atoms with Crippen LogP contribution in [0.25, 0.3) is 0 Å². The Balaban J connectivity index is 1.68. The second kappa shape index (κ2) is 7.87. The SMILES string of the molecule is CC(C)NCCCN1CCN(c2ccc(Cl)cc2)CC1. The molecule has 1 saturated heterocycles. The van der Waals surface area contributed by atoms with Crippen molar-refractivity contribution < 1.29 is 0 Å². The summed E-state index contributed by atoms with van der Waals surface area (Å²) < 4.78 is 0. The monoisotopic (exact) mass is 295 g/mol. The van der Waals surface area contributed by atoms with Gasteiger partial charge in [0.25, 0.3) is 0 Å². The van der Waals surface area contributed by atoms with Crippen LogP contribution in [0.1, 0.15) is 20.3 Å². The van der Waals surface area contributed by atoms with Crippen molar-refractivity contribution in [3.05, 3.63) is 29.3 Å². The molecule has 4 heteroatoms. The first-order valence-electron chi connectivity index (χ1n) is 7.61. The highest BCUT2D eigenvalue weighted by atomic mass is 35.5. The zero-order valence-corrected chi connectivity index (χ0v) is 13.4. The molecule has 1 aliphatic heterocycles. The molecule has 2 rings (SSSR count). The van der Waals surface area contributed by atoms with Gasteiger partial charge in [-0.05, 0) is 43.8 Å². The lowest BCUT2D eigenvalue weighted by atomic mass is 10.2. The van der Waals surface area contributed by atoms with Gasteiger partial charge in [-0.3, -0.25) is 4.90 Å². The number of rotatable bonds is 6. The minimum absolute atomic E-state index is 0.594. The molecule has 1 aromatic rings. The molecule has 1 aliphatic rings. The minimum Gasteiger partial charge on any atom is -0.369 e. The van der Waals surface area contributed by atoms with E-state index in [1.54, 1.807) is 0 Å². The largest absolute Gasteiger partial charge is 0.369 e. The molecule has 0 radical (unpaired) electrons. The Morgan fingerprint density at radius 3 is 2.35 bits per heavy atom. The van der Waals surface area contributed by atoms with Crippen LogP contribution in [0, 0.1) is 0 Å². The van der Waals surface area contributed by atoms with Crippen molar-refractivity contribution in [1.82, 2.24) is 10.2 Å². The van der Waals surface area contributed by atoms with Crippen LogP contribution < -0.4 is 10.2 Å². The summed E-state index contributed by atoms with van der Waals surface area (Å²) >= 11 is 5.93. The van der Waals surface area contributed by atoms with E-state index in [-0.39, 0.29) is 0 Å². The van der Waals surface area contributed by atoms with Crippen molar-refractivity contribution >= 4 is 17.3 Å². The van der Waals surface area contributed by atoms with E-state index in [0.29, 0.717) is 6.04 Å². The van der Waals surface area contributed by atoms with Gasteiger partial charge in [0.1, 0.15) is 0 Å². The van der Waals surface area contributed by atoms with E-state index in [4.69, 9.17) is 11.6 Å². The molecule has 0 atom stereocenters. The number of nitrogens with one attached hydrogen (secondary N) is 1. The summed E-state index contributed by atoms with van der Waals surface area (Å²) in [6, 6.07) is 8.77. The molecule has 0 aliphatic carbocycles. The molecule has 0 amide bonds. The number of piperazine rings is 1. The quantitative estimate of drug-likeness (QED) is 0.814. The second-order valence-corrected chi connectivity index (χ2v) is 6.20. The molecule has 0 bridgehead atoms. The van der Waals surface area contributed by atoms with E-state index in [1.807, 2.05) is 12.1 Å². The Kier molecular flexibility index (Phi) is 6.14. The van der Waals surface area contributed by atoms with Crippen molar-refractivity contribution in [2.45, 2.75) is 26.3 Å². The molecule has 0 spiro atoms. The lowest BCUT2D eigenvalue weighted by Crippen LogP contribution is -2.47. The summed E-state index contributed by atoms with van der Waals surface area (Å²) in [6.07, 6.45) is 1.24. The average Bonchev–Trinajstić information content (AvgIpc) is 2.45. The molecule has 1 aromatic carbocycles. The number of halogens is 1. The summed E-state index contributed by atoms with van der Waals surface area (Å²) in [7, 11) is 0. The molecule has 0 aromatic heterocycles. The van der Waals surface area contributed by atoms with Gasteiger partial charge in [0.05, 0.1) is 0 Å². The maximum atomic E-state index is 5.93. The molecule has 0 saturated carbocycles. The first-order chi connectivity index (χ1) is 9.65. The molecule has 1 N–H and O–H groups in total. The third-order valence-electron chi connectivity index (χ3n) is 3.77. The van der Waals surface area contributed by atoms with Crippen LogP contribution in [0.3, 0.4) is 0 Å². The lowest BCUT2D eigenvalue weighted by Gasteiger charge is -2.36. The molecule has 1 heterocycles. The van der Waals surface area contributed by atoms with Crippen molar-refractivity contribution in [2.24, 2.45) is 0 Å². The first kappa shape index (κ1) is 15.6. The second-order valence-electron chi connectivity index (χ2n) is 5.77. The maximum absolute atomic E-state index is 5.93. The first-order valence-corrected chi connectivity index (χ1v) is 7.99. The topological polar surface area (TPSA) is 18.5 Å². The van der Waals surface area contributed by atoms with Gasteiger partial charge in [-0.15, -0.1) is 0 Å². The Morgan fingerprint density at radius 2 is 1.75 bits per heavy atom. The van der Waals surface area contributed by atoms with Gasteiger partial charge in [0.15, 0.2) is 0 Å². The van der Waals surface area contributed by atoms with E-state index in [9.17, 15) is 0 Å². The predicted octanol–water partition coefficient (Wildman–Crippen LogP) is 2.85. The van der Waals surface area contributed by atoms with Crippen LogP contribution in [0.4, 0.5) is 5.69 Å². The van der Waals surface area contributed by atoms with Gasteiger partial charge in [0, 0.05) is 42.9 Å². The van der Waals surface area contributed by atoms with E-state index < -0.39 is 0 Å². The number of benzene rings is 1. The van der Waals surface area contributed by atoms with Gasteiger partial charge in [-0.25, -0.2) is 0 Å². The minimum atomic E-state index is 0.594. The van der Waals surface area contributed by atoms with E-state index >= 15 is 0 Å². The van der Waals surface area contributed by atoms with Crippen LogP contribution in [0.15, 0.2) is 24.3 Å². The van der Waals surface area contributed by atoms with Crippen LogP contribution in [-0.2, 0) is 0 Å². The number of nitrogens with zero attached hydrogens (tertiary/aromatic N) is 2. The Bertz CT molecular complexity index is 383. The van der Waals surface area contributed by atoms with Gasteiger partial charge in [-0.1, -0.05) is 25.4 Å². The number of hydrogen-bond donors (Lipinski definition) is 1. The lowest BCUT2D eigenvalue weighted by molar-refractivity contribution is 0.253. The van der Waals surface area contributed by atoms with Gasteiger partial charge in [0.2, 0.25) is 0 Å². The van der Waals surface area contributed by atoms with Crippen LogP contribution in [-0.4, -0.2) is 50.2 Å². The summed E-state index contributed by atoms with van der Waals surface area (Å²) in [5.74, 6) is 0. The number of hydrogen-bond acceptors (Lipinski definition) is 3. The van der Waals surface area contributed by atoms with E-state index in [2.05, 4.69) is 41.1 Å². The van der Waals surface area contributed by atoms with Crippen LogP contribution in [0.2, 0.25) is 5.02 Å². The average molecular weight is 296 g/mol. The summed E-state index contributed by atoms with van der Waals surface area (Å²) in [5, 5.41) is 4.29. The zero-order chi connectivity index (χ0) is 14.4. The third-order valence-corrected chi connectivity index (χ3v) is 4.02. The fourth-order valence-electron chi connectivity index (χ4n) is 2.57. The van der Waals surface area contributed by atoms with Crippen molar-refractivity contribution in [2.75, 3.05) is 44.2 Å². The fraction of sp³-hybridized carbons (Fsp3) is 0.625. The molecule has 3 nitrogen and oxygen atoms in total. The molecule has 1 fully saturated rings. The maximum Gasteiger partial charge on any atom is 0.0407 e. The normalized spacial score (nSPS) is 16.9. The summed E-state index contributed by atoms with van der Waals surface area (Å²) in [4.78, 5) is 5.01. The predicted molar refractivity (Wildman–Crippen MR) is 87.9 cm³/mol. The molecular weight excluding hydrogens is 270 g/mol. The summed E-state index contributed by atoms with van der Waals surface area (Å²) in [6.45, 7) is 11.3. The van der Waals surface area contributed by atoms with Gasteiger partial charge >= 0.3 is 0 Å². The Labute approximate surface area is 127 Å². The van der Waals surface area contributed by atoms with Crippen LogP contribution >= 0.6 is 11.6 Å². The highest BCUT2D eigenvalue weighted by molar-refractivity contribution is 6.30. The standard InChI is InChI=1S/C16H26ClN3/c1-14(2)18-8-3-9-19-10-12-20(13-11-19)16-6-4-15(17)5-7-16/h4-7,14,18H,3,8-13H2,1-2H3.